The van der Waals surface area contributed by atoms with Crippen LogP contribution in [-0.4, -0.2) is 45.9 Å². The summed E-state index contributed by atoms with van der Waals surface area (Å²) in [6.07, 6.45) is 2.63. The van der Waals surface area contributed by atoms with Crippen LogP contribution in [0, 0.1) is 17.2 Å². The van der Waals surface area contributed by atoms with Crippen molar-refractivity contribution >= 4 is 5.69 Å². The molecule has 1 fully saturated rings. The van der Waals surface area contributed by atoms with Gasteiger partial charge in [0.05, 0.1) is 23.6 Å². The first kappa shape index (κ1) is 20.2. The second kappa shape index (κ2) is 9.13. The van der Waals surface area contributed by atoms with Crippen molar-refractivity contribution in [3.8, 4) is 6.07 Å². The Hall–Kier alpha value is -2.49. The van der Waals surface area contributed by atoms with E-state index in [4.69, 9.17) is 0 Å². The highest BCUT2D eigenvalue weighted by molar-refractivity contribution is 5.64. The van der Waals surface area contributed by atoms with Crippen LogP contribution < -0.4 is 4.90 Å². The molecule has 0 unspecified atom stereocenters. The highest BCUT2D eigenvalue weighted by Crippen LogP contribution is 2.29. The lowest BCUT2D eigenvalue weighted by Gasteiger charge is -2.41. The number of aromatic nitrogens is 2. The van der Waals surface area contributed by atoms with Crippen molar-refractivity contribution in [3.05, 3.63) is 52.8 Å². The zero-order valence-electron chi connectivity index (χ0n) is 17.0. The molecule has 1 saturated heterocycles. The van der Waals surface area contributed by atoms with Crippen LogP contribution in [0.25, 0.3) is 0 Å². The minimum Gasteiger partial charge on any atom is -0.392 e. The second-order valence-electron chi connectivity index (χ2n) is 8.00. The average Bonchev–Trinajstić information content (AvgIpc) is 2.69. The molecule has 0 amide bonds. The van der Waals surface area contributed by atoms with Crippen LogP contribution in [0.4, 0.5) is 5.69 Å². The molecule has 1 aromatic heterocycles. The van der Waals surface area contributed by atoms with Crippen molar-refractivity contribution in [1.82, 2.24) is 15.1 Å². The lowest BCUT2D eigenvalue weighted by atomic mass is 9.96. The number of hydrogen-bond donors (Lipinski definition) is 1. The molecule has 1 atom stereocenters. The lowest BCUT2D eigenvalue weighted by molar-refractivity contribution is 0.178. The predicted molar refractivity (Wildman–Crippen MR) is 110 cm³/mol. The molecule has 1 aliphatic heterocycles. The lowest BCUT2D eigenvalue weighted by Crippen LogP contribution is -2.51. The van der Waals surface area contributed by atoms with E-state index in [1.165, 1.54) is 5.56 Å². The summed E-state index contributed by atoms with van der Waals surface area (Å²) < 4.78 is 0. The predicted octanol–water partition coefficient (Wildman–Crippen LogP) is 2.75. The number of hydrogen-bond acceptors (Lipinski definition) is 6. The van der Waals surface area contributed by atoms with Gasteiger partial charge in [0.2, 0.25) is 0 Å². The van der Waals surface area contributed by atoms with Gasteiger partial charge in [-0.1, -0.05) is 19.9 Å². The number of aliphatic hydroxyl groups excluding tert-OH is 1. The molecule has 3 rings (SSSR count). The molecule has 0 saturated carbocycles. The highest BCUT2D eigenvalue weighted by Gasteiger charge is 2.26. The number of nitriles is 1. The molecule has 0 spiro atoms. The maximum Gasteiger partial charge on any atom is 0.102 e. The zero-order chi connectivity index (χ0) is 20.1. The molecule has 6 heteroatoms. The summed E-state index contributed by atoms with van der Waals surface area (Å²) in [4.78, 5) is 4.69. The summed E-state index contributed by atoms with van der Waals surface area (Å²) in [5.74, 6) is 0.523. The second-order valence-corrected chi connectivity index (χ2v) is 8.00. The maximum atomic E-state index is 9.80. The Morgan fingerprint density at radius 3 is 2.75 bits per heavy atom. The van der Waals surface area contributed by atoms with Crippen molar-refractivity contribution in [2.24, 2.45) is 5.92 Å². The van der Waals surface area contributed by atoms with Gasteiger partial charge in [-0.25, -0.2) is 0 Å². The molecule has 6 nitrogen and oxygen atoms in total. The SMILES string of the molecule is CC(C)Cc1cc(CO)c(C#N)c(N2CCN(Cc3cccnn3)[C@@H](C)C2)c1. The largest absolute Gasteiger partial charge is 0.392 e. The van der Waals surface area contributed by atoms with Gasteiger partial charge < -0.3 is 10.0 Å². The summed E-state index contributed by atoms with van der Waals surface area (Å²) in [6.45, 7) is 9.83. The van der Waals surface area contributed by atoms with Crippen LogP contribution in [-0.2, 0) is 19.6 Å². The van der Waals surface area contributed by atoms with Gasteiger partial charge in [0, 0.05) is 38.4 Å². The maximum absolute atomic E-state index is 9.80. The van der Waals surface area contributed by atoms with E-state index in [9.17, 15) is 10.4 Å². The normalized spacial score (nSPS) is 17.7. The van der Waals surface area contributed by atoms with Gasteiger partial charge in [-0.05, 0) is 48.6 Å². The fourth-order valence-corrected chi connectivity index (χ4v) is 3.92. The number of nitrogens with zero attached hydrogens (tertiary/aromatic N) is 5. The van der Waals surface area contributed by atoms with Crippen LogP contribution in [0.1, 0.15) is 43.2 Å². The van der Waals surface area contributed by atoms with Gasteiger partial charge in [-0.2, -0.15) is 15.5 Å². The van der Waals surface area contributed by atoms with E-state index >= 15 is 0 Å². The molecule has 1 aromatic carbocycles. The van der Waals surface area contributed by atoms with E-state index in [0.29, 0.717) is 17.5 Å². The zero-order valence-corrected chi connectivity index (χ0v) is 17.0. The minimum absolute atomic E-state index is 0.107. The minimum atomic E-state index is -0.107. The number of aliphatic hydroxyl groups is 1. The van der Waals surface area contributed by atoms with Gasteiger partial charge >= 0.3 is 0 Å². The van der Waals surface area contributed by atoms with Gasteiger partial charge in [0.15, 0.2) is 0 Å². The third-order valence-electron chi connectivity index (χ3n) is 5.28. The van der Waals surface area contributed by atoms with Gasteiger partial charge in [0.25, 0.3) is 0 Å². The summed E-state index contributed by atoms with van der Waals surface area (Å²) in [6, 6.07) is 10.7. The molecule has 2 heterocycles. The Balaban J connectivity index is 1.81. The van der Waals surface area contributed by atoms with E-state index in [0.717, 1.165) is 49.5 Å². The van der Waals surface area contributed by atoms with E-state index < -0.39 is 0 Å². The smallest absolute Gasteiger partial charge is 0.102 e. The summed E-state index contributed by atoms with van der Waals surface area (Å²) in [5.41, 5.74) is 4.44. The molecule has 0 bridgehead atoms. The van der Waals surface area contributed by atoms with Gasteiger partial charge in [0.1, 0.15) is 6.07 Å². The molecule has 148 valence electrons. The Morgan fingerprint density at radius 2 is 2.14 bits per heavy atom. The van der Waals surface area contributed by atoms with Crippen molar-refractivity contribution in [1.29, 1.82) is 5.26 Å². The summed E-state index contributed by atoms with van der Waals surface area (Å²) in [7, 11) is 0. The van der Waals surface area contributed by atoms with E-state index in [-0.39, 0.29) is 6.61 Å². The Bertz CT molecular complexity index is 831. The fourth-order valence-electron chi connectivity index (χ4n) is 3.92. The molecule has 0 radical (unpaired) electrons. The van der Waals surface area contributed by atoms with Gasteiger partial charge in [-0.3, -0.25) is 4.90 Å². The van der Waals surface area contributed by atoms with E-state index in [2.05, 4.69) is 52.9 Å². The molecule has 0 aliphatic carbocycles. The monoisotopic (exact) mass is 379 g/mol. The molecule has 1 aliphatic rings. The van der Waals surface area contributed by atoms with Crippen molar-refractivity contribution in [2.75, 3.05) is 24.5 Å². The third kappa shape index (κ3) is 4.67. The Morgan fingerprint density at radius 1 is 1.32 bits per heavy atom. The first-order chi connectivity index (χ1) is 13.5. The van der Waals surface area contributed by atoms with Crippen LogP contribution >= 0.6 is 0 Å². The van der Waals surface area contributed by atoms with Crippen LogP contribution in [0.3, 0.4) is 0 Å². The van der Waals surface area contributed by atoms with Crippen molar-refractivity contribution in [3.63, 3.8) is 0 Å². The number of anilines is 1. The number of benzene rings is 1. The highest BCUT2D eigenvalue weighted by atomic mass is 16.3. The van der Waals surface area contributed by atoms with E-state index in [1.54, 1.807) is 6.20 Å². The summed E-state index contributed by atoms with van der Waals surface area (Å²) in [5, 5.41) is 27.7. The van der Waals surface area contributed by atoms with Crippen molar-refractivity contribution in [2.45, 2.75) is 46.4 Å². The van der Waals surface area contributed by atoms with E-state index in [1.807, 2.05) is 18.2 Å². The number of piperazine rings is 1. The Labute approximate surface area is 167 Å². The first-order valence-corrected chi connectivity index (χ1v) is 9.94. The van der Waals surface area contributed by atoms with Crippen molar-refractivity contribution < 1.29 is 5.11 Å². The van der Waals surface area contributed by atoms with Crippen LogP contribution in [0.15, 0.2) is 30.5 Å². The Kier molecular flexibility index (Phi) is 6.61. The molecule has 2 aromatic rings. The van der Waals surface area contributed by atoms with Crippen LogP contribution in [0.2, 0.25) is 0 Å². The molecular formula is C22H29N5O. The fraction of sp³-hybridized carbons (Fsp3) is 0.500. The third-order valence-corrected chi connectivity index (χ3v) is 5.28. The van der Waals surface area contributed by atoms with Gasteiger partial charge in [-0.15, -0.1) is 0 Å². The summed E-state index contributed by atoms with van der Waals surface area (Å²) >= 11 is 0. The molecular weight excluding hydrogens is 350 g/mol. The standard InChI is InChI=1S/C22H29N5O/c1-16(2)9-18-10-19(15-28)21(12-23)22(11-18)27-8-7-26(17(3)13-27)14-20-5-4-6-24-25-20/h4-6,10-11,16-17,28H,7-9,13-15H2,1-3H3/t17-/m0/s1. The first-order valence-electron chi connectivity index (χ1n) is 9.94. The molecule has 1 N–H and O–H groups in total. The number of rotatable bonds is 6. The topological polar surface area (TPSA) is 76.3 Å². The molecule has 28 heavy (non-hydrogen) atoms. The van der Waals surface area contributed by atoms with Crippen LogP contribution in [0.5, 0.6) is 0 Å². The quantitative estimate of drug-likeness (QED) is 0.832. The average molecular weight is 380 g/mol.